The lowest BCUT2D eigenvalue weighted by molar-refractivity contribution is -0.121. The third-order valence-corrected chi connectivity index (χ3v) is 2.90. The zero-order valence-electron chi connectivity index (χ0n) is 11.6. The molecule has 0 heterocycles. The van der Waals surface area contributed by atoms with Crippen LogP contribution in [-0.4, -0.2) is 29.7 Å². The van der Waals surface area contributed by atoms with E-state index in [1.165, 1.54) is 12.1 Å². The van der Waals surface area contributed by atoms with Crippen molar-refractivity contribution in [3.05, 3.63) is 29.3 Å². The van der Waals surface area contributed by atoms with Gasteiger partial charge in [-0.3, -0.25) is 4.79 Å². The molecule has 1 aromatic carbocycles. The Bertz CT molecular complexity index is 494. The maximum atomic E-state index is 11.9. The molecule has 0 radical (unpaired) electrons. The molecule has 0 aromatic heterocycles. The van der Waals surface area contributed by atoms with Crippen molar-refractivity contribution in [3.63, 3.8) is 0 Å². The Hall–Kier alpha value is -1.88. The number of amides is 1. The predicted molar refractivity (Wildman–Crippen MR) is 72.5 cm³/mol. The maximum absolute atomic E-state index is 11.9. The van der Waals surface area contributed by atoms with E-state index in [9.17, 15) is 9.59 Å². The van der Waals surface area contributed by atoms with Gasteiger partial charge in [0.2, 0.25) is 5.91 Å². The first-order chi connectivity index (χ1) is 8.75. The SMILES string of the molecule is COC(C)(C)CC(=O)Nc1cc(C(=O)O)ccc1C. The molecule has 1 aromatic rings. The number of carbonyl (C=O) groups excluding carboxylic acids is 1. The molecule has 0 aliphatic carbocycles. The van der Waals surface area contributed by atoms with Crippen LogP contribution in [0.3, 0.4) is 0 Å². The van der Waals surface area contributed by atoms with Crippen LogP contribution in [0.25, 0.3) is 0 Å². The standard InChI is InChI=1S/C14H19NO4/c1-9-5-6-10(13(17)18)7-11(9)15-12(16)8-14(2,3)19-4/h5-7H,8H2,1-4H3,(H,15,16)(H,17,18). The normalized spacial score (nSPS) is 11.2. The smallest absolute Gasteiger partial charge is 0.335 e. The maximum Gasteiger partial charge on any atom is 0.335 e. The van der Waals surface area contributed by atoms with Crippen LogP contribution < -0.4 is 5.32 Å². The summed E-state index contributed by atoms with van der Waals surface area (Å²) in [5.74, 6) is -1.23. The highest BCUT2D eigenvalue weighted by atomic mass is 16.5. The summed E-state index contributed by atoms with van der Waals surface area (Å²) < 4.78 is 5.18. The fraction of sp³-hybridized carbons (Fsp3) is 0.429. The van der Waals surface area contributed by atoms with Crippen LogP contribution in [0, 0.1) is 6.92 Å². The number of anilines is 1. The van der Waals surface area contributed by atoms with Crippen LogP contribution in [0.5, 0.6) is 0 Å². The van der Waals surface area contributed by atoms with Crippen molar-refractivity contribution in [2.45, 2.75) is 32.8 Å². The molecule has 0 aliphatic rings. The number of hydrogen-bond acceptors (Lipinski definition) is 3. The molecule has 0 saturated carbocycles. The molecule has 0 unspecified atom stereocenters. The number of hydrogen-bond donors (Lipinski definition) is 2. The topological polar surface area (TPSA) is 75.6 Å². The highest BCUT2D eigenvalue weighted by Crippen LogP contribution is 2.19. The van der Waals surface area contributed by atoms with Crippen molar-refractivity contribution >= 4 is 17.6 Å². The Morgan fingerprint density at radius 1 is 1.37 bits per heavy atom. The van der Waals surface area contributed by atoms with Crippen LogP contribution in [0.1, 0.15) is 36.2 Å². The minimum atomic E-state index is -1.02. The van der Waals surface area contributed by atoms with Gasteiger partial charge in [-0.15, -0.1) is 0 Å². The van der Waals surface area contributed by atoms with Crippen molar-refractivity contribution in [2.75, 3.05) is 12.4 Å². The van der Waals surface area contributed by atoms with Crippen molar-refractivity contribution in [3.8, 4) is 0 Å². The zero-order chi connectivity index (χ0) is 14.6. The number of benzene rings is 1. The van der Waals surface area contributed by atoms with Gasteiger partial charge in [-0.05, 0) is 38.5 Å². The van der Waals surface area contributed by atoms with E-state index in [0.29, 0.717) is 5.69 Å². The number of aryl methyl sites for hydroxylation is 1. The largest absolute Gasteiger partial charge is 0.478 e. The summed E-state index contributed by atoms with van der Waals surface area (Å²) in [7, 11) is 1.55. The number of rotatable bonds is 5. The second-order valence-corrected chi connectivity index (χ2v) is 5.02. The molecule has 1 amide bonds. The number of methoxy groups -OCH3 is 1. The molecule has 0 saturated heterocycles. The third-order valence-electron chi connectivity index (χ3n) is 2.90. The number of aromatic carboxylic acids is 1. The lowest BCUT2D eigenvalue weighted by Gasteiger charge is -2.22. The molecule has 0 atom stereocenters. The van der Waals surface area contributed by atoms with Gasteiger partial charge in [0.15, 0.2) is 0 Å². The zero-order valence-corrected chi connectivity index (χ0v) is 11.6. The van der Waals surface area contributed by atoms with Crippen molar-refractivity contribution < 1.29 is 19.4 Å². The van der Waals surface area contributed by atoms with Gasteiger partial charge in [0.25, 0.3) is 0 Å². The molecule has 0 bridgehead atoms. The Balaban J connectivity index is 2.84. The first kappa shape index (κ1) is 15.2. The molecule has 104 valence electrons. The Kier molecular flexibility index (Phi) is 4.67. The predicted octanol–water partition coefficient (Wildman–Crippen LogP) is 2.45. The molecule has 0 spiro atoms. The first-order valence-corrected chi connectivity index (χ1v) is 5.94. The van der Waals surface area contributed by atoms with E-state index in [0.717, 1.165) is 5.56 Å². The minimum absolute atomic E-state index is 0.145. The van der Waals surface area contributed by atoms with E-state index in [2.05, 4.69) is 5.32 Å². The summed E-state index contributed by atoms with van der Waals surface area (Å²) in [5.41, 5.74) is 0.917. The molecule has 1 rings (SSSR count). The molecule has 0 fully saturated rings. The van der Waals surface area contributed by atoms with E-state index < -0.39 is 11.6 Å². The second-order valence-electron chi connectivity index (χ2n) is 5.02. The molecular weight excluding hydrogens is 246 g/mol. The van der Waals surface area contributed by atoms with Crippen molar-refractivity contribution in [2.24, 2.45) is 0 Å². The minimum Gasteiger partial charge on any atom is -0.478 e. The molecular formula is C14H19NO4. The fourth-order valence-corrected chi connectivity index (χ4v) is 1.54. The Labute approximate surface area is 112 Å². The summed E-state index contributed by atoms with van der Waals surface area (Å²) in [5, 5.41) is 11.6. The lowest BCUT2D eigenvalue weighted by Crippen LogP contribution is -2.29. The molecule has 0 aliphatic heterocycles. The summed E-state index contributed by atoms with van der Waals surface area (Å²) in [4.78, 5) is 22.8. The van der Waals surface area contributed by atoms with Crippen molar-refractivity contribution in [1.82, 2.24) is 0 Å². The van der Waals surface area contributed by atoms with Gasteiger partial charge in [0.05, 0.1) is 17.6 Å². The van der Waals surface area contributed by atoms with Gasteiger partial charge in [0, 0.05) is 12.8 Å². The molecule has 5 nitrogen and oxygen atoms in total. The van der Waals surface area contributed by atoms with Crippen LogP contribution in [-0.2, 0) is 9.53 Å². The second kappa shape index (κ2) is 5.84. The number of ether oxygens (including phenoxy) is 1. The highest BCUT2D eigenvalue weighted by Gasteiger charge is 2.21. The fourth-order valence-electron chi connectivity index (χ4n) is 1.54. The molecule has 19 heavy (non-hydrogen) atoms. The van der Waals surface area contributed by atoms with E-state index in [-0.39, 0.29) is 17.9 Å². The van der Waals surface area contributed by atoms with Gasteiger partial charge < -0.3 is 15.2 Å². The van der Waals surface area contributed by atoms with Crippen LogP contribution in [0.15, 0.2) is 18.2 Å². The van der Waals surface area contributed by atoms with Crippen LogP contribution >= 0.6 is 0 Å². The quantitative estimate of drug-likeness (QED) is 0.857. The highest BCUT2D eigenvalue weighted by molar-refractivity contribution is 5.95. The Morgan fingerprint density at radius 2 is 2.00 bits per heavy atom. The van der Waals surface area contributed by atoms with Gasteiger partial charge in [0.1, 0.15) is 0 Å². The van der Waals surface area contributed by atoms with Gasteiger partial charge >= 0.3 is 5.97 Å². The number of carbonyl (C=O) groups is 2. The average Bonchev–Trinajstić information content (AvgIpc) is 2.31. The monoisotopic (exact) mass is 265 g/mol. The summed E-state index contributed by atoms with van der Waals surface area (Å²) in [6.07, 6.45) is 0.195. The number of carboxylic acid groups (broad SMARTS) is 1. The summed E-state index contributed by atoms with van der Waals surface area (Å²) in [6.45, 7) is 5.43. The average molecular weight is 265 g/mol. The summed E-state index contributed by atoms with van der Waals surface area (Å²) >= 11 is 0. The molecule has 2 N–H and O–H groups in total. The third kappa shape index (κ3) is 4.37. The van der Waals surface area contributed by atoms with Crippen molar-refractivity contribution in [1.29, 1.82) is 0 Å². The van der Waals surface area contributed by atoms with Crippen LogP contribution in [0.2, 0.25) is 0 Å². The summed E-state index contributed by atoms with van der Waals surface area (Å²) in [6, 6.07) is 4.63. The number of carboxylic acids is 1. The van der Waals surface area contributed by atoms with Gasteiger partial charge in [-0.2, -0.15) is 0 Å². The van der Waals surface area contributed by atoms with E-state index in [1.807, 2.05) is 20.8 Å². The van der Waals surface area contributed by atoms with E-state index in [4.69, 9.17) is 9.84 Å². The Morgan fingerprint density at radius 3 is 2.53 bits per heavy atom. The molecule has 5 heteroatoms. The lowest BCUT2D eigenvalue weighted by atomic mass is 10.0. The first-order valence-electron chi connectivity index (χ1n) is 5.94. The van der Waals surface area contributed by atoms with Crippen LogP contribution in [0.4, 0.5) is 5.69 Å². The van der Waals surface area contributed by atoms with Gasteiger partial charge in [-0.1, -0.05) is 6.07 Å². The van der Waals surface area contributed by atoms with Gasteiger partial charge in [-0.25, -0.2) is 4.79 Å². The van der Waals surface area contributed by atoms with E-state index >= 15 is 0 Å². The van der Waals surface area contributed by atoms with E-state index in [1.54, 1.807) is 13.2 Å². The number of nitrogens with one attached hydrogen (secondary N) is 1.